The first kappa shape index (κ1) is 20.9. The van der Waals surface area contributed by atoms with Gasteiger partial charge in [0.2, 0.25) is 0 Å². The molecule has 3 rings (SSSR count). The number of carbonyl (C=O) groups excluding carboxylic acids is 2. The number of amides is 2. The Balaban J connectivity index is 1.68. The van der Waals surface area contributed by atoms with Crippen LogP contribution in [0, 0.1) is 0 Å². The molecule has 0 unspecified atom stereocenters. The third-order valence-electron chi connectivity index (χ3n) is 5.86. The highest BCUT2D eigenvalue weighted by Crippen LogP contribution is 2.38. The summed E-state index contributed by atoms with van der Waals surface area (Å²) in [5.41, 5.74) is 6.34. The molecule has 28 heavy (non-hydrogen) atoms. The summed E-state index contributed by atoms with van der Waals surface area (Å²) in [4.78, 5) is 31.8. The SMILES string of the molecule is CC1(C)CC(N)CC(C)(C)N1C(=O)C(=O)N1CCN(c2cccc(Cl)c2)CC1. The van der Waals surface area contributed by atoms with E-state index < -0.39 is 22.9 Å². The molecule has 1 aromatic rings. The van der Waals surface area contributed by atoms with Crippen LogP contribution in [-0.2, 0) is 9.59 Å². The monoisotopic (exact) mass is 406 g/mol. The minimum atomic E-state index is -0.448. The second-order valence-electron chi connectivity index (χ2n) is 9.19. The van der Waals surface area contributed by atoms with Crippen LogP contribution in [0.3, 0.4) is 0 Å². The van der Waals surface area contributed by atoms with Gasteiger partial charge >= 0.3 is 11.8 Å². The number of carbonyl (C=O) groups is 2. The van der Waals surface area contributed by atoms with Crippen LogP contribution < -0.4 is 10.6 Å². The van der Waals surface area contributed by atoms with E-state index in [4.69, 9.17) is 17.3 Å². The molecule has 2 aliphatic rings. The molecule has 2 aliphatic heterocycles. The molecule has 0 aliphatic carbocycles. The summed E-state index contributed by atoms with van der Waals surface area (Å²) >= 11 is 6.08. The zero-order valence-electron chi connectivity index (χ0n) is 17.2. The molecule has 1 aromatic carbocycles. The fourth-order valence-corrected chi connectivity index (χ4v) is 5.16. The molecule has 0 spiro atoms. The molecule has 0 bridgehead atoms. The molecule has 6 nitrogen and oxygen atoms in total. The first-order chi connectivity index (χ1) is 13.0. The normalized spacial score (nSPS) is 22.3. The predicted molar refractivity (Wildman–Crippen MR) is 112 cm³/mol. The van der Waals surface area contributed by atoms with E-state index in [1.165, 1.54) is 0 Å². The van der Waals surface area contributed by atoms with Crippen molar-refractivity contribution in [3.8, 4) is 0 Å². The Morgan fingerprint density at radius 3 is 2.11 bits per heavy atom. The third-order valence-corrected chi connectivity index (χ3v) is 6.10. The topological polar surface area (TPSA) is 69.9 Å². The van der Waals surface area contributed by atoms with Crippen LogP contribution in [0.25, 0.3) is 0 Å². The summed E-state index contributed by atoms with van der Waals surface area (Å²) in [5.74, 6) is -0.833. The summed E-state index contributed by atoms with van der Waals surface area (Å²) in [6.45, 7) is 10.4. The molecular formula is C21H31ClN4O2. The number of likely N-dealkylation sites (tertiary alicyclic amines) is 1. The van der Waals surface area contributed by atoms with Gasteiger partial charge in [-0.3, -0.25) is 9.59 Å². The van der Waals surface area contributed by atoms with Gasteiger partial charge in [0, 0.05) is 54.0 Å². The van der Waals surface area contributed by atoms with E-state index in [1.54, 1.807) is 9.80 Å². The average Bonchev–Trinajstić information content (AvgIpc) is 2.58. The molecule has 154 valence electrons. The highest BCUT2D eigenvalue weighted by molar-refractivity contribution is 6.35. The third kappa shape index (κ3) is 4.13. The van der Waals surface area contributed by atoms with E-state index in [2.05, 4.69) is 4.90 Å². The number of nitrogens with zero attached hydrogens (tertiary/aromatic N) is 3. The minimum absolute atomic E-state index is 0.0328. The van der Waals surface area contributed by atoms with Crippen molar-refractivity contribution in [3.05, 3.63) is 29.3 Å². The van der Waals surface area contributed by atoms with Gasteiger partial charge in [0.05, 0.1) is 0 Å². The van der Waals surface area contributed by atoms with Gasteiger partial charge < -0.3 is 20.4 Å². The Bertz CT molecular complexity index is 739. The minimum Gasteiger partial charge on any atom is -0.368 e. The predicted octanol–water partition coefficient (Wildman–Crippen LogP) is 2.50. The molecule has 2 N–H and O–H groups in total. The van der Waals surface area contributed by atoms with Crippen LogP contribution in [0.4, 0.5) is 5.69 Å². The van der Waals surface area contributed by atoms with E-state index in [1.807, 2.05) is 52.0 Å². The van der Waals surface area contributed by atoms with Crippen molar-refractivity contribution >= 4 is 29.1 Å². The number of hydrogen-bond donors (Lipinski definition) is 1. The number of anilines is 1. The van der Waals surface area contributed by atoms with Crippen LogP contribution in [0.2, 0.25) is 5.02 Å². The van der Waals surface area contributed by atoms with Crippen LogP contribution in [0.5, 0.6) is 0 Å². The van der Waals surface area contributed by atoms with Crippen LogP contribution in [-0.4, -0.2) is 64.9 Å². The van der Waals surface area contributed by atoms with E-state index in [0.717, 1.165) is 5.69 Å². The zero-order chi connectivity index (χ0) is 20.7. The molecule has 2 amide bonds. The summed E-state index contributed by atoms with van der Waals surface area (Å²) in [6, 6.07) is 7.73. The number of hydrogen-bond acceptors (Lipinski definition) is 4. The summed E-state index contributed by atoms with van der Waals surface area (Å²) in [6.07, 6.45) is 1.38. The van der Waals surface area contributed by atoms with E-state index in [-0.39, 0.29) is 6.04 Å². The van der Waals surface area contributed by atoms with Gasteiger partial charge in [-0.15, -0.1) is 0 Å². The van der Waals surface area contributed by atoms with E-state index in [0.29, 0.717) is 44.0 Å². The Morgan fingerprint density at radius 2 is 1.57 bits per heavy atom. The zero-order valence-corrected chi connectivity index (χ0v) is 18.0. The summed E-state index contributed by atoms with van der Waals surface area (Å²) in [7, 11) is 0. The fraction of sp³-hybridized carbons (Fsp3) is 0.619. The fourth-order valence-electron chi connectivity index (χ4n) is 4.98. The number of piperazine rings is 1. The number of piperidine rings is 1. The van der Waals surface area contributed by atoms with Gasteiger partial charge in [-0.05, 0) is 58.7 Å². The number of benzene rings is 1. The lowest BCUT2D eigenvalue weighted by Crippen LogP contribution is -2.67. The standard InChI is InChI=1S/C21H31ClN4O2/c1-20(2)13-16(23)14-21(3,4)26(20)19(28)18(27)25-10-8-24(9-11-25)17-7-5-6-15(22)12-17/h5-7,12,16H,8-11,13-14,23H2,1-4H3. The largest absolute Gasteiger partial charge is 0.368 e. The van der Waals surface area contributed by atoms with Crippen LogP contribution in [0.15, 0.2) is 24.3 Å². The number of nitrogens with two attached hydrogens (primary N) is 1. The smallest absolute Gasteiger partial charge is 0.312 e. The Labute approximate surface area is 172 Å². The van der Waals surface area contributed by atoms with Crippen molar-refractivity contribution in [2.45, 2.75) is 57.7 Å². The lowest BCUT2D eigenvalue weighted by molar-refractivity contribution is -0.163. The molecule has 0 radical (unpaired) electrons. The van der Waals surface area contributed by atoms with Gasteiger partial charge in [0.1, 0.15) is 0 Å². The van der Waals surface area contributed by atoms with Gasteiger partial charge in [0.25, 0.3) is 0 Å². The van der Waals surface area contributed by atoms with Crippen molar-refractivity contribution in [1.82, 2.24) is 9.80 Å². The maximum atomic E-state index is 13.2. The Hall–Kier alpha value is -1.79. The van der Waals surface area contributed by atoms with Crippen LogP contribution in [0.1, 0.15) is 40.5 Å². The van der Waals surface area contributed by atoms with Crippen molar-refractivity contribution in [2.24, 2.45) is 5.73 Å². The Kier molecular flexibility index (Phi) is 5.65. The lowest BCUT2D eigenvalue weighted by atomic mass is 9.77. The summed E-state index contributed by atoms with van der Waals surface area (Å²) < 4.78 is 0. The van der Waals surface area contributed by atoms with Gasteiger partial charge in [-0.25, -0.2) is 0 Å². The quantitative estimate of drug-likeness (QED) is 0.727. The van der Waals surface area contributed by atoms with Crippen LogP contribution >= 0.6 is 11.6 Å². The molecule has 2 saturated heterocycles. The summed E-state index contributed by atoms with van der Waals surface area (Å²) in [5, 5.41) is 0.693. The maximum absolute atomic E-state index is 13.2. The maximum Gasteiger partial charge on any atom is 0.312 e. The van der Waals surface area contributed by atoms with Gasteiger partial charge in [-0.2, -0.15) is 0 Å². The number of halogens is 1. The van der Waals surface area contributed by atoms with Gasteiger partial charge in [-0.1, -0.05) is 17.7 Å². The second kappa shape index (κ2) is 7.56. The lowest BCUT2D eigenvalue weighted by Gasteiger charge is -2.54. The number of rotatable bonds is 1. The van der Waals surface area contributed by atoms with Crippen molar-refractivity contribution < 1.29 is 9.59 Å². The molecule has 2 fully saturated rings. The van der Waals surface area contributed by atoms with Crippen molar-refractivity contribution in [2.75, 3.05) is 31.1 Å². The average molecular weight is 407 g/mol. The molecule has 2 heterocycles. The highest BCUT2D eigenvalue weighted by atomic mass is 35.5. The highest BCUT2D eigenvalue weighted by Gasteiger charge is 2.49. The van der Waals surface area contributed by atoms with E-state index in [9.17, 15) is 9.59 Å². The molecule has 0 saturated carbocycles. The first-order valence-corrected chi connectivity index (χ1v) is 10.3. The Morgan fingerprint density at radius 1 is 1.00 bits per heavy atom. The second-order valence-corrected chi connectivity index (χ2v) is 9.63. The van der Waals surface area contributed by atoms with E-state index >= 15 is 0 Å². The molecule has 0 aromatic heterocycles. The molecule has 0 atom stereocenters. The van der Waals surface area contributed by atoms with Crippen molar-refractivity contribution in [3.63, 3.8) is 0 Å². The van der Waals surface area contributed by atoms with Gasteiger partial charge in [0.15, 0.2) is 0 Å². The molecule has 7 heteroatoms. The first-order valence-electron chi connectivity index (χ1n) is 9.91. The molecular weight excluding hydrogens is 376 g/mol. The van der Waals surface area contributed by atoms with Crippen molar-refractivity contribution in [1.29, 1.82) is 0 Å².